The molecule has 1 aliphatic heterocycles. The van der Waals surface area contributed by atoms with Gasteiger partial charge in [0, 0.05) is 44.0 Å². The Bertz CT molecular complexity index is 721. The van der Waals surface area contributed by atoms with Gasteiger partial charge < -0.3 is 19.6 Å². The molecule has 3 rings (SSSR count). The van der Waals surface area contributed by atoms with Gasteiger partial charge in [0.15, 0.2) is 0 Å². The highest BCUT2D eigenvalue weighted by molar-refractivity contribution is 5.75. The Labute approximate surface area is 142 Å². The van der Waals surface area contributed by atoms with Gasteiger partial charge in [0.05, 0.1) is 5.69 Å². The lowest BCUT2D eigenvalue weighted by Crippen LogP contribution is -2.46. The van der Waals surface area contributed by atoms with E-state index in [2.05, 4.69) is 41.5 Å². The molecule has 2 aromatic rings. The molecule has 1 atom stereocenters. The number of para-hydroxylation sites is 1. The van der Waals surface area contributed by atoms with E-state index >= 15 is 0 Å². The zero-order valence-electron chi connectivity index (χ0n) is 14.7. The summed E-state index contributed by atoms with van der Waals surface area (Å²) in [6.45, 7) is 7.67. The fourth-order valence-corrected chi connectivity index (χ4v) is 3.24. The molecule has 0 bridgehead atoms. The lowest BCUT2D eigenvalue weighted by atomic mass is 10.1. The fourth-order valence-electron chi connectivity index (χ4n) is 3.24. The number of nitrogens with zero attached hydrogens (tertiary/aromatic N) is 3. The first-order valence-electron chi connectivity index (χ1n) is 8.22. The monoisotopic (exact) mass is 328 g/mol. The molecule has 1 aromatic carbocycles. The Kier molecular flexibility index (Phi) is 4.46. The van der Waals surface area contributed by atoms with Gasteiger partial charge in [-0.15, -0.1) is 0 Å². The van der Waals surface area contributed by atoms with Gasteiger partial charge >= 0.3 is 6.03 Å². The number of carbonyl (C=O) groups excluding carboxylic acids is 1. The number of nitrogens with one attached hydrogen (secondary N) is 1. The highest BCUT2D eigenvalue weighted by Crippen LogP contribution is 2.26. The van der Waals surface area contributed by atoms with Crippen molar-refractivity contribution < 1.29 is 9.32 Å². The zero-order chi connectivity index (χ0) is 17.3. The molecule has 0 radical (unpaired) electrons. The fraction of sp³-hybridized carbons (Fsp3) is 0.444. The van der Waals surface area contributed by atoms with Crippen molar-refractivity contribution in [3.63, 3.8) is 0 Å². The number of urea groups is 1. The van der Waals surface area contributed by atoms with Crippen molar-refractivity contribution in [1.29, 1.82) is 0 Å². The van der Waals surface area contributed by atoms with E-state index in [0.717, 1.165) is 29.1 Å². The number of likely N-dealkylation sites (N-methyl/N-ethyl adjacent to an activating group) is 1. The Morgan fingerprint density at radius 2 is 2.12 bits per heavy atom. The third kappa shape index (κ3) is 3.09. The van der Waals surface area contributed by atoms with Gasteiger partial charge in [-0.05, 0) is 32.4 Å². The van der Waals surface area contributed by atoms with Gasteiger partial charge in [0.2, 0.25) is 0 Å². The maximum Gasteiger partial charge on any atom is 0.318 e. The van der Waals surface area contributed by atoms with E-state index in [1.54, 1.807) is 0 Å². The van der Waals surface area contributed by atoms with Crippen molar-refractivity contribution in [2.75, 3.05) is 18.5 Å². The number of anilines is 1. The molecule has 2 heterocycles. The van der Waals surface area contributed by atoms with Crippen LogP contribution in [0.5, 0.6) is 0 Å². The molecule has 0 saturated heterocycles. The molecule has 1 aliphatic rings. The number of hydrogen-bond donors (Lipinski definition) is 1. The average Bonchev–Trinajstić information content (AvgIpc) is 2.81. The second kappa shape index (κ2) is 6.55. The summed E-state index contributed by atoms with van der Waals surface area (Å²) in [6, 6.07) is 8.29. The highest BCUT2D eigenvalue weighted by atomic mass is 16.5. The second-order valence-electron chi connectivity index (χ2n) is 6.45. The van der Waals surface area contributed by atoms with Crippen molar-refractivity contribution in [2.24, 2.45) is 0 Å². The van der Waals surface area contributed by atoms with E-state index in [1.807, 2.05) is 30.9 Å². The third-order valence-electron chi connectivity index (χ3n) is 4.67. The number of carbonyl (C=O) groups is 1. The van der Waals surface area contributed by atoms with Crippen LogP contribution in [-0.4, -0.2) is 35.7 Å². The molecule has 6 heteroatoms. The van der Waals surface area contributed by atoms with Gasteiger partial charge in [-0.3, -0.25) is 0 Å². The van der Waals surface area contributed by atoms with E-state index in [0.29, 0.717) is 13.1 Å². The van der Waals surface area contributed by atoms with Crippen LogP contribution in [0, 0.1) is 13.8 Å². The largest absolute Gasteiger partial charge is 0.372 e. The Hall–Kier alpha value is -2.50. The Morgan fingerprint density at radius 1 is 1.38 bits per heavy atom. The SMILES string of the molecule is Cc1noc(C)c1CNC(=O)N1Cc2ccccc2N(C)CC1C. The van der Waals surface area contributed by atoms with Crippen LogP contribution in [-0.2, 0) is 13.1 Å². The highest BCUT2D eigenvalue weighted by Gasteiger charge is 2.27. The summed E-state index contributed by atoms with van der Waals surface area (Å²) >= 11 is 0. The summed E-state index contributed by atoms with van der Waals surface area (Å²) in [4.78, 5) is 16.8. The minimum Gasteiger partial charge on any atom is -0.372 e. The maximum atomic E-state index is 12.7. The van der Waals surface area contributed by atoms with Gasteiger partial charge in [0.25, 0.3) is 0 Å². The topological polar surface area (TPSA) is 61.6 Å². The summed E-state index contributed by atoms with van der Waals surface area (Å²) in [5, 5.41) is 6.94. The number of hydrogen-bond acceptors (Lipinski definition) is 4. The van der Waals surface area contributed by atoms with E-state index < -0.39 is 0 Å². The lowest BCUT2D eigenvalue weighted by molar-refractivity contribution is 0.178. The third-order valence-corrected chi connectivity index (χ3v) is 4.67. The van der Waals surface area contributed by atoms with Crippen molar-refractivity contribution in [1.82, 2.24) is 15.4 Å². The van der Waals surface area contributed by atoms with E-state index in [1.165, 1.54) is 5.69 Å². The van der Waals surface area contributed by atoms with Crippen LogP contribution in [0.2, 0.25) is 0 Å². The van der Waals surface area contributed by atoms with E-state index in [9.17, 15) is 4.79 Å². The van der Waals surface area contributed by atoms with Gasteiger partial charge in [-0.25, -0.2) is 4.79 Å². The van der Waals surface area contributed by atoms with Crippen molar-refractivity contribution in [3.8, 4) is 0 Å². The van der Waals surface area contributed by atoms with Gasteiger partial charge in [-0.2, -0.15) is 0 Å². The average molecular weight is 328 g/mol. The molecule has 0 fully saturated rings. The normalized spacial score (nSPS) is 17.4. The molecule has 6 nitrogen and oxygen atoms in total. The molecule has 1 aromatic heterocycles. The minimum atomic E-state index is -0.0624. The van der Waals surface area contributed by atoms with E-state index in [4.69, 9.17) is 4.52 Å². The Balaban J connectivity index is 1.74. The van der Waals surface area contributed by atoms with Crippen LogP contribution in [0.15, 0.2) is 28.8 Å². The molecular weight excluding hydrogens is 304 g/mol. The number of fused-ring (bicyclic) bond motifs is 1. The summed E-state index contributed by atoms with van der Waals surface area (Å²) < 4.78 is 5.15. The number of rotatable bonds is 2. The predicted octanol–water partition coefficient (Wildman–Crippen LogP) is 2.84. The van der Waals surface area contributed by atoms with Crippen LogP contribution < -0.4 is 10.2 Å². The summed E-state index contributed by atoms with van der Waals surface area (Å²) in [6.07, 6.45) is 0. The zero-order valence-corrected chi connectivity index (χ0v) is 14.7. The number of aryl methyl sites for hydroxylation is 2. The minimum absolute atomic E-state index is 0.0624. The van der Waals surface area contributed by atoms with E-state index in [-0.39, 0.29) is 12.1 Å². The van der Waals surface area contributed by atoms with Crippen LogP contribution >= 0.6 is 0 Å². The molecule has 0 spiro atoms. The molecule has 1 N–H and O–H groups in total. The molecule has 0 saturated carbocycles. The smallest absolute Gasteiger partial charge is 0.318 e. The Morgan fingerprint density at radius 3 is 2.83 bits per heavy atom. The maximum absolute atomic E-state index is 12.7. The van der Waals surface area contributed by atoms with Crippen LogP contribution in [0.3, 0.4) is 0 Å². The molecule has 0 aliphatic carbocycles. The van der Waals surface area contributed by atoms with Crippen molar-refractivity contribution in [3.05, 3.63) is 46.8 Å². The molecule has 1 unspecified atom stereocenters. The summed E-state index contributed by atoms with van der Waals surface area (Å²) in [7, 11) is 2.07. The van der Waals surface area contributed by atoms with Crippen LogP contribution in [0.4, 0.5) is 10.5 Å². The number of aromatic nitrogens is 1. The number of benzene rings is 1. The molecule has 128 valence electrons. The van der Waals surface area contributed by atoms with Gasteiger partial charge in [-0.1, -0.05) is 23.4 Å². The quantitative estimate of drug-likeness (QED) is 0.921. The molecule has 2 amide bonds. The van der Waals surface area contributed by atoms with Crippen molar-refractivity contribution >= 4 is 11.7 Å². The second-order valence-corrected chi connectivity index (χ2v) is 6.45. The first-order chi connectivity index (χ1) is 11.5. The van der Waals surface area contributed by atoms with Gasteiger partial charge in [0.1, 0.15) is 5.76 Å². The standard InChI is InChI=1S/C18H24N4O2/c1-12-10-21(4)17-8-6-5-7-15(17)11-22(12)18(23)19-9-16-13(2)20-24-14(16)3/h5-8,12H,9-11H2,1-4H3,(H,19,23). The number of amides is 2. The van der Waals surface area contributed by atoms with Crippen LogP contribution in [0.1, 0.15) is 29.5 Å². The first-order valence-corrected chi connectivity index (χ1v) is 8.22. The summed E-state index contributed by atoms with van der Waals surface area (Å²) in [5.41, 5.74) is 4.12. The van der Waals surface area contributed by atoms with Crippen LogP contribution in [0.25, 0.3) is 0 Å². The predicted molar refractivity (Wildman–Crippen MR) is 92.9 cm³/mol. The lowest BCUT2D eigenvalue weighted by Gasteiger charge is -2.28. The van der Waals surface area contributed by atoms with Crippen molar-refractivity contribution in [2.45, 2.75) is 39.9 Å². The molecular formula is C18H24N4O2. The summed E-state index contributed by atoms with van der Waals surface area (Å²) in [5.74, 6) is 0.752. The first kappa shape index (κ1) is 16.4. The molecule has 24 heavy (non-hydrogen) atoms.